The van der Waals surface area contributed by atoms with E-state index in [2.05, 4.69) is 36.4 Å². The molecular formula is C16H25N7O. The van der Waals surface area contributed by atoms with Gasteiger partial charge in [-0.2, -0.15) is 10.1 Å². The van der Waals surface area contributed by atoms with Gasteiger partial charge in [0, 0.05) is 32.7 Å². The van der Waals surface area contributed by atoms with E-state index in [1.807, 2.05) is 25.2 Å². The normalized spacial score (nSPS) is 17.0. The van der Waals surface area contributed by atoms with Crippen LogP contribution in [0.2, 0.25) is 0 Å². The first-order chi connectivity index (χ1) is 11.7. The minimum absolute atomic E-state index is 0.114. The van der Waals surface area contributed by atoms with Crippen LogP contribution in [0.5, 0.6) is 5.75 Å². The molecule has 1 saturated heterocycles. The summed E-state index contributed by atoms with van der Waals surface area (Å²) in [7, 11) is 3.65. The Bertz CT molecular complexity index is 651. The molecule has 1 aromatic carbocycles. The summed E-state index contributed by atoms with van der Waals surface area (Å²) in [6, 6.07) is 8.26. The van der Waals surface area contributed by atoms with Gasteiger partial charge < -0.3 is 20.7 Å². The lowest BCUT2D eigenvalue weighted by atomic mass is 10.1. The second kappa shape index (κ2) is 7.50. The fraction of sp³-hybridized carbons (Fsp3) is 0.500. The summed E-state index contributed by atoms with van der Waals surface area (Å²) in [5, 5.41) is 10.2. The predicted molar refractivity (Wildman–Crippen MR) is 94.2 cm³/mol. The number of likely N-dealkylation sites (N-methyl/N-ethyl adjacent to an activating group) is 1. The number of anilines is 2. The molecule has 1 unspecified atom stereocenters. The number of H-pyrrole nitrogens is 1. The lowest BCUT2D eigenvalue weighted by Crippen LogP contribution is -2.49. The van der Waals surface area contributed by atoms with Gasteiger partial charge in [-0.3, -0.25) is 4.90 Å². The minimum atomic E-state index is 0.114. The zero-order valence-corrected chi connectivity index (χ0v) is 14.2. The van der Waals surface area contributed by atoms with Crippen molar-refractivity contribution in [3.63, 3.8) is 0 Å². The number of hydrogen-bond donors (Lipinski definition) is 3. The van der Waals surface area contributed by atoms with Crippen LogP contribution in [0.15, 0.2) is 24.3 Å². The number of methoxy groups -OCH3 is 1. The van der Waals surface area contributed by atoms with Crippen LogP contribution in [-0.4, -0.2) is 67.0 Å². The van der Waals surface area contributed by atoms with Crippen molar-refractivity contribution in [2.75, 3.05) is 57.5 Å². The predicted octanol–water partition coefficient (Wildman–Crippen LogP) is 0.478. The lowest BCUT2D eigenvalue weighted by Gasteiger charge is -2.39. The maximum absolute atomic E-state index is 5.68. The third-order valence-electron chi connectivity index (χ3n) is 4.40. The third-order valence-corrected chi connectivity index (χ3v) is 4.40. The molecule has 1 fully saturated rings. The molecule has 1 aliphatic heterocycles. The Labute approximate surface area is 142 Å². The van der Waals surface area contributed by atoms with Crippen LogP contribution in [0.1, 0.15) is 11.9 Å². The molecule has 24 heavy (non-hydrogen) atoms. The van der Waals surface area contributed by atoms with Crippen LogP contribution in [-0.2, 0) is 0 Å². The summed E-state index contributed by atoms with van der Waals surface area (Å²) in [5.41, 5.74) is 6.83. The van der Waals surface area contributed by atoms with Crippen molar-refractivity contribution >= 4 is 11.6 Å². The first-order valence-electron chi connectivity index (χ1n) is 8.17. The van der Waals surface area contributed by atoms with Gasteiger partial charge in [-0.1, -0.05) is 12.1 Å². The van der Waals surface area contributed by atoms with Gasteiger partial charge in [0.05, 0.1) is 18.8 Å². The molecule has 0 spiro atoms. The van der Waals surface area contributed by atoms with E-state index in [-0.39, 0.29) is 6.04 Å². The van der Waals surface area contributed by atoms with Gasteiger partial charge in [-0.05, 0) is 19.2 Å². The Morgan fingerprint density at radius 1 is 1.29 bits per heavy atom. The summed E-state index contributed by atoms with van der Waals surface area (Å²) in [6.07, 6.45) is 0. The molecule has 4 N–H and O–H groups in total. The molecule has 1 aliphatic rings. The number of nitrogens with zero attached hydrogens (tertiary/aromatic N) is 4. The molecule has 0 aliphatic carbocycles. The maximum Gasteiger partial charge on any atom is 0.216 e. The Hall–Kier alpha value is -2.32. The van der Waals surface area contributed by atoms with E-state index in [1.165, 1.54) is 0 Å². The van der Waals surface area contributed by atoms with E-state index in [0.717, 1.165) is 50.0 Å². The van der Waals surface area contributed by atoms with Gasteiger partial charge in [0.2, 0.25) is 5.95 Å². The Morgan fingerprint density at radius 3 is 2.67 bits per heavy atom. The lowest BCUT2D eigenvalue weighted by molar-refractivity contribution is 0.177. The summed E-state index contributed by atoms with van der Waals surface area (Å²) in [6.45, 7) is 4.50. The number of nitrogen functional groups attached to an aromatic ring is 1. The summed E-state index contributed by atoms with van der Waals surface area (Å²) in [5.74, 6) is 2.02. The number of hydrogen-bond acceptors (Lipinski definition) is 7. The third kappa shape index (κ3) is 3.44. The van der Waals surface area contributed by atoms with Crippen LogP contribution in [0.25, 0.3) is 0 Å². The highest BCUT2D eigenvalue weighted by atomic mass is 16.5. The Morgan fingerprint density at radius 2 is 2.04 bits per heavy atom. The first kappa shape index (κ1) is 16.5. The number of para-hydroxylation sites is 2. The SMILES string of the molecule is CNCC(c1n[nH]c(N)n1)N1CCN(c2ccccc2OC)CC1. The average Bonchev–Trinajstić information content (AvgIpc) is 3.06. The molecule has 1 atom stereocenters. The standard InChI is InChI=1S/C16H25N7O/c1-18-11-13(15-19-16(17)21-20-15)23-9-7-22(8-10-23)12-5-3-4-6-14(12)24-2/h3-6,13,18H,7-11H2,1-2H3,(H3,17,19,20,21). The number of aromatic nitrogens is 3. The van der Waals surface area contributed by atoms with Crippen molar-refractivity contribution in [1.29, 1.82) is 0 Å². The zero-order chi connectivity index (χ0) is 16.9. The molecular weight excluding hydrogens is 306 g/mol. The zero-order valence-electron chi connectivity index (χ0n) is 14.2. The van der Waals surface area contributed by atoms with E-state index in [0.29, 0.717) is 5.95 Å². The molecule has 0 bridgehead atoms. The average molecular weight is 331 g/mol. The molecule has 8 nitrogen and oxygen atoms in total. The second-order valence-corrected chi connectivity index (χ2v) is 5.85. The highest BCUT2D eigenvalue weighted by Gasteiger charge is 2.28. The smallest absolute Gasteiger partial charge is 0.216 e. The van der Waals surface area contributed by atoms with E-state index < -0.39 is 0 Å². The van der Waals surface area contributed by atoms with Crippen molar-refractivity contribution in [1.82, 2.24) is 25.4 Å². The Kier molecular flexibility index (Phi) is 5.17. The van der Waals surface area contributed by atoms with Gasteiger partial charge in [0.25, 0.3) is 0 Å². The number of ether oxygens (including phenoxy) is 1. The van der Waals surface area contributed by atoms with Crippen molar-refractivity contribution in [3.05, 3.63) is 30.1 Å². The Balaban J connectivity index is 1.69. The molecule has 0 saturated carbocycles. The fourth-order valence-corrected chi connectivity index (χ4v) is 3.18. The molecule has 1 aromatic heterocycles. The fourth-order valence-electron chi connectivity index (χ4n) is 3.18. The van der Waals surface area contributed by atoms with Crippen LogP contribution >= 0.6 is 0 Å². The van der Waals surface area contributed by atoms with Crippen molar-refractivity contribution in [2.24, 2.45) is 0 Å². The molecule has 130 valence electrons. The van der Waals surface area contributed by atoms with Gasteiger partial charge in [-0.15, -0.1) is 0 Å². The second-order valence-electron chi connectivity index (χ2n) is 5.85. The summed E-state index contributed by atoms with van der Waals surface area (Å²) >= 11 is 0. The molecule has 3 rings (SSSR count). The van der Waals surface area contributed by atoms with E-state index in [9.17, 15) is 0 Å². The van der Waals surface area contributed by atoms with Gasteiger partial charge in [-0.25, -0.2) is 5.10 Å². The molecule has 2 aromatic rings. The van der Waals surface area contributed by atoms with Gasteiger partial charge in [0.15, 0.2) is 5.82 Å². The molecule has 0 amide bonds. The van der Waals surface area contributed by atoms with E-state index >= 15 is 0 Å². The van der Waals surface area contributed by atoms with E-state index in [4.69, 9.17) is 10.5 Å². The highest BCUT2D eigenvalue weighted by Crippen LogP contribution is 2.29. The number of benzene rings is 1. The number of piperazine rings is 1. The number of nitrogens with one attached hydrogen (secondary N) is 2. The quantitative estimate of drug-likeness (QED) is 0.708. The topological polar surface area (TPSA) is 95.3 Å². The van der Waals surface area contributed by atoms with Crippen LogP contribution < -0.4 is 20.7 Å². The first-order valence-corrected chi connectivity index (χ1v) is 8.17. The van der Waals surface area contributed by atoms with E-state index in [1.54, 1.807) is 7.11 Å². The summed E-state index contributed by atoms with van der Waals surface area (Å²) < 4.78 is 5.48. The highest BCUT2D eigenvalue weighted by molar-refractivity contribution is 5.58. The van der Waals surface area contributed by atoms with Crippen LogP contribution in [0.4, 0.5) is 11.6 Å². The minimum Gasteiger partial charge on any atom is -0.495 e. The van der Waals surface area contributed by atoms with Crippen molar-refractivity contribution in [3.8, 4) is 5.75 Å². The molecule has 0 radical (unpaired) electrons. The van der Waals surface area contributed by atoms with Crippen molar-refractivity contribution in [2.45, 2.75) is 6.04 Å². The van der Waals surface area contributed by atoms with Gasteiger partial charge >= 0.3 is 0 Å². The number of rotatable bonds is 6. The molecule has 2 heterocycles. The van der Waals surface area contributed by atoms with Crippen molar-refractivity contribution < 1.29 is 4.74 Å². The number of nitrogens with two attached hydrogens (primary N) is 1. The molecule has 8 heteroatoms. The monoisotopic (exact) mass is 331 g/mol. The van der Waals surface area contributed by atoms with Crippen LogP contribution in [0.3, 0.4) is 0 Å². The van der Waals surface area contributed by atoms with Gasteiger partial charge in [0.1, 0.15) is 5.75 Å². The maximum atomic E-state index is 5.68. The number of aromatic amines is 1. The summed E-state index contributed by atoms with van der Waals surface area (Å²) in [4.78, 5) is 9.06. The van der Waals surface area contributed by atoms with Crippen LogP contribution in [0, 0.1) is 0 Å². The largest absolute Gasteiger partial charge is 0.495 e.